The molecule has 5 aromatic rings. The quantitative estimate of drug-likeness (QED) is 0.0186. The second kappa shape index (κ2) is 19.6. The lowest BCUT2D eigenvalue weighted by atomic mass is 9.95. The van der Waals surface area contributed by atoms with E-state index in [2.05, 4.69) is 26.3 Å². The van der Waals surface area contributed by atoms with Crippen LogP contribution in [0.5, 0.6) is 5.75 Å². The van der Waals surface area contributed by atoms with Crippen LogP contribution in [-0.4, -0.2) is 88.2 Å². The normalized spacial score (nSPS) is 14.8. The number of amides is 8. The maximum Gasteiger partial charge on any atom is 0.312 e. The lowest BCUT2D eigenvalue weighted by Gasteiger charge is -2.19. The van der Waals surface area contributed by atoms with Gasteiger partial charge in [-0.05, 0) is 85.2 Å². The van der Waals surface area contributed by atoms with Gasteiger partial charge in [0.25, 0.3) is 23.6 Å². The van der Waals surface area contributed by atoms with Crippen molar-refractivity contribution in [3.05, 3.63) is 108 Å². The molecule has 4 aromatic carbocycles. The Bertz CT molecular complexity index is 2610. The smallest absolute Gasteiger partial charge is 0.312 e. The molecule has 18 heteroatoms. The van der Waals surface area contributed by atoms with Gasteiger partial charge in [-0.3, -0.25) is 33.7 Å². The number of aromatic amines is 1. The van der Waals surface area contributed by atoms with Crippen LogP contribution in [0.25, 0.3) is 21.7 Å². The number of carbonyl (C=O) groups is 7. The molecule has 8 N–H and O–H groups in total. The molecule has 0 saturated heterocycles. The van der Waals surface area contributed by atoms with Gasteiger partial charge in [0.05, 0.1) is 5.69 Å². The third-order valence-corrected chi connectivity index (χ3v) is 11.4. The Kier molecular flexibility index (Phi) is 13.7. The van der Waals surface area contributed by atoms with Crippen LogP contribution in [-0.2, 0) is 19.2 Å². The zero-order valence-corrected chi connectivity index (χ0v) is 34.7. The summed E-state index contributed by atoms with van der Waals surface area (Å²) in [5.41, 5.74) is 8.80. The van der Waals surface area contributed by atoms with Crippen molar-refractivity contribution in [3.63, 3.8) is 0 Å². The SMILES string of the molecule is NC(=O)NCCC[C@H](NC(=O)CCCCCN1C(=O)C=CC1=O)C(=O)Nc1ccc(C(=O)Nc2ccc3[nH]c(C(=O)N4C[C@@H](CCl)c5c4cc(OO)c4ccccc54)cc3c2)cc1. The second-order valence-corrected chi connectivity index (χ2v) is 15.6. The summed E-state index contributed by atoms with van der Waals surface area (Å²) < 4.78 is 0. The molecule has 2 aliphatic rings. The number of primary amides is 1. The molecule has 2 atom stereocenters. The molecule has 1 aromatic heterocycles. The van der Waals surface area contributed by atoms with Gasteiger partial charge in [0, 0.05) is 89.3 Å². The predicted octanol–water partition coefficient (Wildman–Crippen LogP) is 5.77. The summed E-state index contributed by atoms with van der Waals surface area (Å²) in [5, 5.41) is 22.7. The molecule has 2 aliphatic heterocycles. The Morgan fingerprint density at radius 3 is 2.32 bits per heavy atom. The number of nitrogens with two attached hydrogens (primary N) is 1. The number of unbranched alkanes of at least 4 members (excludes halogenated alkanes) is 2. The van der Waals surface area contributed by atoms with E-state index in [1.807, 2.05) is 24.3 Å². The number of H-pyrrole nitrogens is 1. The third-order valence-electron chi connectivity index (χ3n) is 11.0. The van der Waals surface area contributed by atoms with Crippen molar-refractivity contribution in [2.24, 2.45) is 5.73 Å². The van der Waals surface area contributed by atoms with Gasteiger partial charge in [-0.2, -0.15) is 0 Å². The van der Waals surface area contributed by atoms with Crippen LogP contribution < -0.4 is 36.8 Å². The molecular weight excluding hydrogens is 832 g/mol. The van der Waals surface area contributed by atoms with E-state index in [9.17, 15) is 38.8 Å². The van der Waals surface area contributed by atoms with Crippen molar-refractivity contribution in [3.8, 4) is 5.75 Å². The van der Waals surface area contributed by atoms with Gasteiger partial charge in [-0.1, -0.05) is 30.7 Å². The predicted molar refractivity (Wildman–Crippen MR) is 237 cm³/mol. The first-order chi connectivity index (χ1) is 30.4. The standard InChI is InChI=1S/C45H45ClN8O9/c46-24-28-25-54(36-23-37(63-62)31-7-3-4-8-32(31)41(28)36)44(60)35-22-27-21-30(15-16-33(27)51-35)50-42(58)26-11-13-29(14-12-26)49-43(59)34(9-6-19-48-45(47)61)52-38(55)10-2-1-5-20-53-39(56)17-18-40(53)57/h3-4,7-8,11-18,21-23,28,34,51,62H,1-2,5-6,9-10,19-20,24-25H2,(H,49,59)(H,50,58)(H,52,55)(H3,47,48,61)/t28-,34+/m1/s1. The number of aromatic nitrogens is 1. The van der Waals surface area contributed by atoms with Crippen LogP contribution in [0, 0.1) is 0 Å². The number of rotatable bonds is 18. The number of carbonyl (C=O) groups excluding carboxylic acids is 7. The molecule has 0 spiro atoms. The van der Waals surface area contributed by atoms with Gasteiger partial charge < -0.3 is 41.8 Å². The molecular formula is C45H45ClN8O9. The van der Waals surface area contributed by atoms with E-state index in [1.165, 1.54) is 12.2 Å². The summed E-state index contributed by atoms with van der Waals surface area (Å²) in [6, 6.07) is 20.5. The zero-order valence-electron chi connectivity index (χ0n) is 33.9. The van der Waals surface area contributed by atoms with Crippen molar-refractivity contribution in [1.29, 1.82) is 0 Å². The minimum atomic E-state index is -0.942. The first kappa shape index (κ1) is 43.8. The molecule has 17 nitrogen and oxygen atoms in total. The zero-order chi connectivity index (χ0) is 44.6. The highest BCUT2D eigenvalue weighted by molar-refractivity contribution is 6.19. The fourth-order valence-corrected chi connectivity index (χ4v) is 8.10. The highest BCUT2D eigenvalue weighted by Gasteiger charge is 2.36. The number of hydrogen-bond donors (Lipinski definition) is 7. The number of nitrogens with one attached hydrogen (secondary N) is 5. The molecule has 0 saturated carbocycles. The number of halogens is 1. The number of alkyl halides is 1. The molecule has 0 unspecified atom stereocenters. The number of nitrogens with zero attached hydrogens (tertiary/aromatic N) is 2. The minimum Gasteiger partial charge on any atom is -0.352 e. The Morgan fingerprint density at radius 1 is 0.873 bits per heavy atom. The van der Waals surface area contributed by atoms with Crippen LogP contribution in [0.2, 0.25) is 0 Å². The van der Waals surface area contributed by atoms with Gasteiger partial charge in [-0.25, -0.2) is 10.1 Å². The van der Waals surface area contributed by atoms with E-state index < -0.39 is 23.9 Å². The van der Waals surface area contributed by atoms with E-state index >= 15 is 0 Å². The van der Waals surface area contributed by atoms with Crippen LogP contribution in [0.1, 0.15) is 70.9 Å². The maximum absolute atomic E-state index is 14.0. The number of imide groups is 1. The van der Waals surface area contributed by atoms with Gasteiger partial charge in [-0.15, -0.1) is 11.6 Å². The number of urea groups is 1. The average Bonchev–Trinajstić information content (AvgIpc) is 3.98. The maximum atomic E-state index is 14.0. The monoisotopic (exact) mass is 876 g/mol. The van der Waals surface area contributed by atoms with E-state index in [0.29, 0.717) is 76.8 Å². The summed E-state index contributed by atoms with van der Waals surface area (Å²) in [7, 11) is 0. The summed E-state index contributed by atoms with van der Waals surface area (Å²) in [4.78, 5) is 98.7. The summed E-state index contributed by atoms with van der Waals surface area (Å²) in [5.74, 6) is -1.93. The molecule has 0 bridgehead atoms. The number of hydrogen-bond acceptors (Lipinski definition) is 9. The Labute approximate surface area is 365 Å². The topological polar surface area (TPSA) is 245 Å². The van der Waals surface area contributed by atoms with E-state index in [-0.39, 0.29) is 67.1 Å². The van der Waals surface area contributed by atoms with Crippen LogP contribution in [0.15, 0.2) is 91.0 Å². The summed E-state index contributed by atoms with van der Waals surface area (Å²) in [6.45, 7) is 0.787. The van der Waals surface area contributed by atoms with Crippen molar-refractivity contribution in [1.82, 2.24) is 20.5 Å². The summed E-state index contributed by atoms with van der Waals surface area (Å²) in [6.07, 6.45) is 4.70. The average molecular weight is 877 g/mol. The number of benzene rings is 4. The Balaban J connectivity index is 0.949. The number of anilines is 3. The van der Waals surface area contributed by atoms with Crippen LogP contribution >= 0.6 is 11.6 Å². The molecule has 3 heterocycles. The highest BCUT2D eigenvalue weighted by Crippen LogP contribution is 2.46. The minimum absolute atomic E-state index is 0.118. The Hall–Kier alpha value is -7.24. The van der Waals surface area contributed by atoms with Crippen LogP contribution in [0.4, 0.5) is 21.9 Å². The second-order valence-electron chi connectivity index (χ2n) is 15.2. The third kappa shape index (κ3) is 10.1. The fourth-order valence-electron chi connectivity index (χ4n) is 7.85. The van der Waals surface area contributed by atoms with E-state index in [0.717, 1.165) is 15.8 Å². The molecule has 0 radical (unpaired) electrons. The van der Waals surface area contributed by atoms with Gasteiger partial charge in [0.1, 0.15) is 11.7 Å². The molecule has 63 heavy (non-hydrogen) atoms. The fraction of sp³-hybridized carbons (Fsp3) is 0.267. The van der Waals surface area contributed by atoms with Crippen molar-refractivity contribution < 1.29 is 43.7 Å². The lowest BCUT2D eigenvalue weighted by molar-refractivity contribution is -0.137. The molecule has 0 aliphatic carbocycles. The van der Waals surface area contributed by atoms with Crippen molar-refractivity contribution in [2.75, 3.05) is 41.0 Å². The van der Waals surface area contributed by atoms with Crippen LogP contribution in [0.3, 0.4) is 0 Å². The summed E-state index contributed by atoms with van der Waals surface area (Å²) >= 11 is 6.39. The highest BCUT2D eigenvalue weighted by atomic mass is 35.5. The molecule has 0 fully saturated rings. The van der Waals surface area contributed by atoms with Crippen molar-refractivity contribution >= 4 is 91.8 Å². The molecule has 7 rings (SSSR count). The number of fused-ring (bicyclic) bond motifs is 4. The molecule has 326 valence electrons. The van der Waals surface area contributed by atoms with E-state index in [1.54, 1.807) is 59.5 Å². The Morgan fingerprint density at radius 2 is 1.60 bits per heavy atom. The van der Waals surface area contributed by atoms with Crippen molar-refractivity contribution in [2.45, 2.75) is 50.5 Å². The first-order valence-electron chi connectivity index (χ1n) is 20.4. The first-order valence-corrected chi connectivity index (χ1v) is 20.9. The van der Waals surface area contributed by atoms with Gasteiger partial charge in [0.2, 0.25) is 11.8 Å². The largest absolute Gasteiger partial charge is 0.352 e. The molecule has 8 amide bonds. The van der Waals surface area contributed by atoms with Gasteiger partial charge in [0.15, 0.2) is 5.75 Å². The van der Waals surface area contributed by atoms with Gasteiger partial charge >= 0.3 is 6.03 Å². The van der Waals surface area contributed by atoms with E-state index in [4.69, 9.17) is 22.2 Å². The lowest BCUT2D eigenvalue weighted by Crippen LogP contribution is -2.44.